The van der Waals surface area contributed by atoms with Crippen molar-refractivity contribution in [3.63, 3.8) is 0 Å². The maximum Gasteiger partial charge on any atom is 0.311 e. The molecule has 0 radical (unpaired) electrons. The third kappa shape index (κ3) is 3.52. The van der Waals surface area contributed by atoms with Crippen LogP contribution in [0.4, 0.5) is 0 Å². The van der Waals surface area contributed by atoms with E-state index in [1.165, 1.54) is 30.3 Å². The fourth-order valence-corrected chi connectivity index (χ4v) is 2.97. The molecule has 1 rings (SSSR count). The van der Waals surface area contributed by atoms with Gasteiger partial charge in [-0.1, -0.05) is 31.4 Å². The standard InChI is InChI=1S/C10H10O5S2/c1-3-9-5-7-10(8-6-9)17(13,14)15-16(11,12)4-2/h3-8H,1-2H2. The van der Waals surface area contributed by atoms with E-state index in [1.807, 2.05) is 0 Å². The molecule has 0 saturated carbocycles. The fraction of sp³-hybridized carbons (Fsp3) is 0. The van der Waals surface area contributed by atoms with Crippen molar-refractivity contribution in [3.05, 3.63) is 48.4 Å². The number of benzene rings is 1. The Morgan fingerprint density at radius 2 is 1.53 bits per heavy atom. The van der Waals surface area contributed by atoms with E-state index < -0.39 is 20.2 Å². The Balaban J connectivity index is 3.14. The highest BCUT2D eigenvalue weighted by Crippen LogP contribution is 2.16. The Bertz CT molecular complexity index is 624. The topological polar surface area (TPSA) is 77.5 Å². The van der Waals surface area contributed by atoms with Crippen molar-refractivity contribution in [1.29, 1.82) is 0 Å². The van der Waals surface area contributed by atoms with Crippen molar-refractivity contribution >= 4 is 26.3 Å². The van der Waals surface area contributed by atoms with Gasteiger partial charge in [-0.25, -0.2) is 0 Å². The summed E-state index contributed by atoms with van der Waals surface area (Å²) in [4.78, 5) is -0.256. The molecule has 1 aromatic carbocycles. The predicted octanol–water partition coefficient (Wildman–Crippen LogP) is 1.51. The molecule has 0 saturated heterocycles. The van der Waals surface area contributed by atoms with Crippen LogP contribution in [0.25, 0.3) is 6.08 Å². The first-order chi connectivity index (χ1) is 7.80. The number of hydrogen-bond acceptors (Lipinski definition) is 5. The lowest BCUT2D eigenvalue weighted by molar-refractivity contribution is 0.469. The van der Waals surface area contributed by atoms with Gasteiger partial charge in [0.15, 0.2) is 0 Å². The maximum atomic E-state index is 11.5. The van der Waals surface area contributed by atoms with E-state index in [-0.39, 0.29) is 4.90 Å². The zero-order valence-corrected chi connectivity index (χ0v) is 10.4. The van der Waals surface area contributed by atoms with Crippen molar-refractivity contribution in [2.45, 2.75) is 4.90 Å². The minimum absolute atomic E-state index is 0.256. The van der Waals surface area contributed by atoms with Crippen LogP contribution in [0.2, 0.25) is 0 Å². The summed E-state index contributed by atoms with van der Waals surface area (Å²) in [5.74, 6) is 0. The molecule has 0 aliphatic carbocycles. The molecule has 0 aliphatic heterocycles. The molecule has 0 spiro atoms. The third-order valence-corrected chi connectivity index (χ3v) is 4.53. The fourth-order valence-electron chi connectivity index (χ4n) is 0.962. The van der Waals surface area contributed by atoms with Crippen LogP contribution in [0.5, 0.6) is 0 Å². The van der Waals surface area contributed by atoms with E-state index in [4.69, 9.17) is 0 Å². The summed E-state index contributed by atoms with van der Waals surface area (Å²) in [7, 11) is -8.63. The van der Waals surface area contributed by atoms with Crippen molar-refractivity contribution in [1.82, 2.24) is 0 Å². The Morgan fingerprint density at radius 3 is 1.94 bits per heavy atom. The van der Waals surface area contributed by atoms with E-state index in [2.05, 4.69) is 16.8 Å². The molecule has 1 aromatic rings. The molecule has 0 amide bonds. The zero-order chi connectivity index (χ0) is 13.1. The van der Waals surface area contributed by atoms with Gasteiger partial charge in [-0.3, -0.25) is 0 Å². The Morgan fingerprint density at radius 1 is 1.00 bits per heavy atom. The SMILES string of the molecule is C=Cc1ccc(S(=O)(=O)OS(=O)(=O)C=C)cc1. The molecule has 0 fully saturated rings. The van der Waals surface area contributed by atoms with E-state index in [1.54, 1.807) is 0 Å². The van der Waals surface area contributed by atoms with Crippen LogP contribution in [0.15, 0.2) is 47.7 Å². The molecule has 0 aromatic heterocycles. The minimum atomic E-state index is -4.35. The summed E-state index contributed by atoms with van der Waals surface area (Å²) in [6.45, 7) is 6.45. The van der Waals surface area contributed by atoms with Crippen LogP contribution in [0, 0.1) is 0 Å². The molecule has 5 nitrogen and oxygen atoms in total. The molecular weight excluding hydrogens is 264 g/mol. The van der Waals surface area contributed by atoms with E-state index >= 15 is 0 Å². The van der Waals surface area contributed by atoms with Crippen molar-refractivity contribution in [3.8, 4) is 0 Å². The predicted molar refractivity (Wildman–Crippen MR) is 63.9 cm³/mol. The van der Waals surface area contributed by atoms with Gasteiger partial charge in [0.05, 0.1) is 10.3 Å². The Kier molecular flexibility index (Phi) is 3.87. The van der Waals surface area contributed by atoms with Crippen molar-refractivity contribution in [2.75, 3.05) is 0 Å². The Hall–Kier alpha value is -1.44. The average molecular weight is 274 g/mol. The molecule has 0 aliphatic rings. The summed E-state index contributed by atoms with van der Waals surface area (Å²) >= 11 is 0. The van der Waals surface area contributed by atoms with Gasteiger partial charge < -0.3 is 0 Å². The third-order valence-electron chi connectivity index (χ3n) is 1.79. The molecule has 0 atom stereocenters. The van der Waals surface area contributed by atoms with Crippen LogP contribution >= 0.6 is 0 Å². The summed E-state index contributed by atoms with van der Waals surface area (Å²) in [5.41, 5.74) is 0.704. The second kappa shape index (κ2) is 4.82. The van der Waals surface area contributed by atoms with Crippen LogP contribution < -0.4 is 0 Å². The summed E-state index contributed by atoms with van der Waals surface area (Å²) in [6.07, 6.45) is 1.53. The maximum absolute atomic E-state index is 11.5. The highest BCUT2D eigenvalue weighted by atomic mass is 32.3. The molecule has 0 N–H and O–H groups in total. The summed E-state index contributed by atoms with van der Waals surface area (Å²) in [6, 6.07) is 5.41. The molecular formula is C10H10O5S2. The molecule has 0 bridgehead atoms. The zero-order valence-electron chi connectivity index (χ0n) is 8.74. The second-order valence-electron chi connectivity index (χ2n) is 2.95. The lowest BCUT2D eigenvalue weighted by atomic mass is 10.2. The molecule has 7 heteroatoms. The normalized spacial score (nSPS) is 12.0. The van der Waals surface area contributed by atoms with Gasteiger partial charge in [0, 0.05) is 0 Å². The summed E-state index contributed by atoms with van der Waals surface area (Å²) < 4.78 is 49.0. The van der Waals surface area contributed by atoms with Gasteiger partial charge in [0.1, 0.15) is 0 Å². The lowest BCUT2D eigenvalue weighted by Gasteiger charge is -2.03. The lowest BCUT2D eigenvalue weighted by Crippen LogP contribution is -2.11. The van der Waals surface area contributed by atoms with Crippen molar-refractivity contribution in [2.24, 2.45) is 0 Å². The van der Waals surface area contributed by atoms with Gasteiger partial charge in [-0.15, -0.1) is 3.63 Å². The van der Waals surface area contributed by atoms with Gasteiger partial charge in [0.2, 0.25) is 0 Å². The first-order valence-electron chi connectivity index (χ1n) is 4.37. The van der Waals surface area contributed by atoms with Crippen molar-refractivity contribution < 1.29 is 20.5 Å². The monoisotopic (exact) mass is 274 g/mol. The van der Waals surface area contributed by atoms with Gasteiger partial charge >= 0.3 is 20.2 Å². The van der Waals surface area contributed by atoms with E-state index in [9.17, 15) is 16.8 Å². The minimum Gasteiger partial charge on any atom is -0.194 e. The van der Waals surface area contributed by atoms with Crippen LogP contribution in [0.3, 0.4) is 0 Å². The largest absolute Gasteiger partial charge is 0.311 e. The Labute approximate surface area is 100 Å². The van der Waals surface area contributed by atoms with E-state index in [0.717, 1.165) is 0 Å². The smallest absolute Gasteiger partial charge is 0.194 e. The highest BCUT2D eigenvalue weighted by molar-refractivity contribution is 8.01. The molecule has 17 heavy (non-hydrogen) atoms. The number of hydrogen-bond donors (Lipinski definition) is 0. The quantitative estimate of drug-likeness (QED) is 0.813. The van der Waals surface area contributed by atoms with Gasteiger partial charge in [-0.05, 0) is 17.7 Å². The van der Waals surface area contributed by atoms with Crippen LogP contribution in [-0.4, -0.2) is 16.8 Å². The number of rotatable bonds is 5. The average Bonchev–Trinajstić information content (AvgIpc) is 2.28. The molecule has 0 unspecified atom stereocenters. The first-order valence-corrected chi connectivity index (χ1v) is 7.25. The van der Waals surface area contributed by atoms with Gasteiger partial charge in [-0.2, -0.15) is 16.8 Å². The molecule has 92 valence electrons. The highest BCUT2D eigenvalue weighted by Gasteiger charge is 2.22. The first kappa shape index (κ1) is 13.6. The second-order valence-corrected chi connectivity index (χ2v) is 6.20. The van der Waals surface area contributed by atoms with Crippen LogP contribution in [-0.2, 0) is 23.9 Å². The van der Waals surface area contributed by atoms with Gasteiger partial charge in [0.25, 0.3) is 0 Å². The molecule has 0 heterocycles. The van der Waals surface area contributed by atoms with E-state index in [0.29, 0.717) is 11.0 Å². The summed E-state index contributed by atoms with van der Waals surface area (Å²) in [5, 5.41) is 0.419. The van der Waals surface area contributed by atoms with Crippen LogP contribution in [0.1, 0.15) is 5.56 Å².